The van der Waals surface area contributed by atoms with Crippen molar-refractivity contribution < 1.29 is 28.2 Å². The fourth-order valence-electron chi connectivity index (χ4n) is 3.76. The standard InChI is InChI=1S/C23H19ClFNO5/c1-30-14-8-6-13(7-9-14)20(27)12-31-21-11-19(18(25)10-17(21)24)26-22(28)15-4-2-3-5-16(15)23(26)29/h6-11H,2-5,12H2,1H3. The Labute approximate surface area is 183 Å². The zero-order valence-corrected chi connectivity index (χ0v) is 17.5. The zero-order valence-electron chi connectivity index (χ0n) is 16.7. The first-order chi connectivity index (χ1) is 14.9. The van der Waals surface area contributed by atoms with Crippen LogP contribution in [0.2, 0.25) is 5.02 Å². The maximum atomic E-state index is 14.7. The van der Waals surface area contributed by atoms with Crippen molar-refractivity contribution in [3.63, 3.8) is 0 Å². The highest BCUT2D eigenvalue weighted by Gasteiger charge is 2.41. The van der Waals surface area contributed by atoms with Gasteiger partial charge in [-0.2, -0.15) is 0 Å². The first-order valence-electron chi connectivity index (χ1n) is 9.80. The number of imide groups is 1. The van der Waals surface area contributed by atoms with E-state index >= 15 is 0 Å². The van der Waals surface area contributed by atoms with Crippen LogP contribution in [0, 0.1) is 5.82 Å². The van der Waals surface area contributed by atoms with E-state index in [1.807, 2.05) is 0 Å². The van der Waals surface area contributed by atoms with Crippen LogP contribution in [0.25, 0.3) is 0 Å². The van der Waals surface area contributed by atoms with Gasteiger partial charge in [0.15, 0.2) is 12.4 Å². The molecule has 6 nitrogen and oxygen atoms in total. The average molecular weight is 444 g/mol. The molecule has 31 heavy (non-hydrogen) atoms. The number of benzene rings is 2. The van der Waals surface area contributed by atoms with E-state index in [9.17, 15) is 18.8 Å². The van der Waals surface area contributed by atoms with Gasteiger partial charge in [-0.1, -0.05) is 11.6 Å². The summed E-state index contributed by atoms with van der Waals surface area (Å²) in [5.74, 6) is -1.55. The molecule has 1 heterocycles. The van der Waals surface area contributed by atoms with Gasteiger partial charge in [-0.15, -0.1) is 0 Å². The zero-order chi connectivity index (χ0) is 22.1. The topological polar surface area (TPSA) is 72.9 Å². The van der Waals surface area contributed by atoms with Crippen LogP contribution in [0.4, 0.5) is 10.1 Å². The second-order valence-electron chi connectivity index (χ2n) is 7.28. The minimum Gasteiger partial charge on any atom is -0.497 e. The predicted octanol–water partition coefficient (Wildman–Crippen LogP) is 4.49. The molecule has 2 aromatic carbocycles. The van der Waals surface area contributed by atoms with Crippen LogP contribution in [0.5, 0.6) is 11.5 Å². The van der Waals surface area contributed by atoms with Gasteiger partial charge >= 0.3 is 0 Å². The number of carbonyl (C=O) groups is 3. The summed E-state index contributed by atoms with van der Waals surface area (Å²) in [6.07, 6.45) is 2.64. The Hall–Kier alpha value is -3.19. The van der Waals surface area contributed by atoms with Crippen LogP contribution in [-0.2, 0) is 9.59 Å². The predicted molar refractivity (Wildman–Crippen MR) is 112 cm³/mol. The van der Waals surface area contributed by atoms with Gasteiger partial charge in [0.2, 0.25) is 0 Å². The van der Waals surface area contributed by atoms with Gasteiger partial charge in [0, 0.05) is 22.8 Å². The van der Waals surface area contributed by atoms with Crippen LogP contribution in [0.1, 0.15) is 36.0 Å². The van der Waals surface area contributed by atoms with Crippen LogP contribution >= 0.6 is 11.6 Å². The number of halogens is 2. The molecule has 0 spiro atoms. The van der Waals surface area contributed by atoms with E-state index in [2.05, 4.69) is 0 Å². The second kappa shape index (κ2) is 8.51. The molecule has 2 aliphatic rings. The molecule has 0 N–H and O–H groups in total. The lowest BCUT2D eigenvalue weighted by Crippen LogP contribution is -2.32. The van der Waals surface area contributed by atoms with Gasteiger partial charge in [0.05, 0.1) is 17.8 Å². The molecule has 0 saturated carbocycles. The molecule has 0 bridgehead atoms. The molecule has 0 radical (unpaired) electrons. The van der Waals surface area contributed by atoms with E-state index in [0.717, 1.165) is 23.8 Å². The fourth-order valence-corrected chi connectivity index (χ4v) is 3.97. The number of ketones is 1. The smallest absolute Gasteiger partial charge is 0.261 e. The van der Waals surface area contributed by atoms with Gasteiger partial charge < -0.3 is 9.47 Å². The second-order valence-corrected chi connectivity index (χ2v) is 7.69. The lowest BCUT2D eigenvalue weighted by Gasteiger charge is -2.18. The molecule has 0 aromatic heterocycles. The molecule has 0 saturated heterocycles. The molecule has 0 unspecified atom stereocenters. The highest BCUT2D eigenvalue weighted by atomic mass is 35.5. The molecule has 2 aromatic rings. The monoisotopic (exact) mass is 443 g/mol. The Balaban J connectivity index is 1.55. The molecular weight excluding hydrogens is 425 g/mol. The molecule has 1 aliphatic carbocycles. The fraction of sp³-hybridized carbons (Fsp3) is 0.261. The highest BCUT2D eigenvalue weighted by Crippen LogP contribution is 2.39. The van der Waals surface area contributed by atoms with Gasteiger partial charge in [-0.05, 0) is 56.0 Å². The molecule has 0 atom stereocenters. The Morgan fingerprint density at radius 1 is 1.06 bits per heavy atom. The van der Waals surface area contributed by atoms with Crippen molar-refractivity contribution in [1.29, 1.82) is 0 Å². The minimum absolute atomic E-state index is 0.00500. The summed E-state index contributed by atoms with van der Waals surface area (Å²) in [5, 5.41) is -0.0689. The number of anilines is 1. The number of rotatable bonds is 6. The van der Waals surface area contributed by atoms with Crippen molar-refractivity contribution in [2.75, 3.05) is 18.6 Å². The summed E-state index contributed by atoms with van der Waals surface area (Å²) < 4.78 is 25.2. The largest absolute Gasteiger partial charge is 0.497 e. The van der Waals surface area contributed by atoms with Crippen molar-refractivity contribution >= 4 is 34.9 Å². The quantitative estimate of drug-likeness (QED) is 0.485. The SMILES string of the molecule is COc1ccc(C(=O)COc2cc(N3C(=O)C4=C(CCCC4)C3=O)c(F)cc2Cl)cc1. The molecule has 4 rings (SSSR count). The molecule has 1 aliphatic heterocycles. The molecule has 2 amide bonds. The van der Waals surface area contributed by atoms with E-state index < -0.39 is 17.6 Å². The molecule has 160 valence electrons. The number of hydrogen-bond donors (Lipinski definition) is 0. The van der Waals surface area contributed by atoms with Crippen LogP contribution in [0.3, 0.4) is 0 Å². The van der Waals surface area contributed by atoms with Crippen molar-refractivity contribution in [3.8, 4) is 11.5 Å². The third kappa shape index (κ3) is 3.93. The lowest BCUT2D eigenvalue weighted by molar-refractivity contribution is -0.120. The van der Waals surface area contributed by atoms with Crippen LogP contribution < -0.4 is 14.4 Å². The number of nitrogens with zero attached hydrogens (tertiary/aromatic N) is 1. The normalized spacial score (nSPS) is 15.9. The summed E-state index contributed by atoms with van der Waals surface area (Å²) in [7, 11) is 1.52. The molecule has 8 heteroatoms. The van der Waals surface area contributed by atoms with E-state index in [1.165, 1.54) is 13.2 Å². The lowest BCUT2D eigenvalue weighted by atomic mass is 9.93. The maximum Gasteiger partial charge on any atom is 0.261 e. The van der Waals surface area contributed by atoms with Crippen LogP contribution in [-0.4, -0.2) is 31.3 Å². The number of ether oxygens (including phenoxy) is 2. The van der Waals surface area contributed by atoms with Gasteiger partial charge in [-0.25, -0.2) is 9.29 Å². The van der Waals surface area contributed by atoms with E-state index in [1.54, 1.807) is 24.3 Å². The van der Waals surface area contributed by atoms with E-state index in [-0.39, 0.29) is 28.8 Å². The third-order valence-electron chi connectivity index (χ3n) is 5.40. The van der Waals surface area contributed by atoms with Crippen molar-refractivity contribution in [2.24, 2.45) is 0 Å². The number of methoxy groups -OCH3 is 1. The van der Waals surface area contributed by atoms with Crippen molar-refractivity contribution in [3.05, 3.63) is 63.9 Å². The number of hydrogen-bond acceptors (Lipinski definition) is 5. The Bertz CT molecular complexity index is 1080. The average Bonchev–Trinajstić information content (AvgIpc) is 3.03. The van der Waals surface area contributed by atoms with Crippen molar-refractivity contribution in [2.45, 2.75) is 25.7 Å². The van der Waals surface area contributed by atoms with Gasteiger partial charge in [0.1, 0.15) is 17.3 Å². The summed E-state index contributed by atoms with van der Waals surface area (Å²) >= 11 is 6.08. The summed E-state index contributed by atoms with van der Waals surface area (Å²) in [6, 6.07) is 8.65. The Kier molecular flexibility index (Phi) is 5.78. The van der Waals surface area contributed by atoms with Crippen molar-refractivity contribution in [1.82, 2.24) is 0 Å². The maximum absolute atomic E-state index is 14.7. The summed E-state index contributed by atoms with van der Waals surface area (Å²) in [6.45, 7) is -0.353. The summed E-state index contributed by atoms with van der Waals surface area (Å²) in [5.41, 5.74) is 1.06. The summed E-state index contributed by atoms with van der Waals surface area (Å²) in [4.78, 5) is 38.7. The Morgan fingerprint density at radius 3 is 2.26 bits per heavy atom. The first kappa shape index (κ1) is 21.1. The van der Waals surface area contributed by atoms with E-state index in [0.29, 0.717) is 35.3 Å². The Morgan fingerprint density at radius 2 is 1.68 bits per heavy atom. The van der Waals surface area contributed by atoms with Gasteiger partial charge in [0.25, 0.3) is 11.8 Å². The van der Waals surface area contributed by atoms with E-state index in [4.69, 9.17) is 21.1 Å². The number of Topliss-reactive ketones (excluding diaryl/α,β-unsaturated/α-hetero) is 1. The van der Waals surface area contributed by atoms with Crippen LogP contribution in [0.15, 0.2) is 47.5 Å². The van der Waals surface area contributed by atoms with Gasteiger partial charge in [-0.3, -0.25) is 14.4 Å². The highest BCUT2D eigenvalue weighted by molar-refractivity contribution is 6.34. The molecule has 0 fully saturated rings. The minimum atomic E-state index is -0.819. The number of carbonyl (C=O) groups excluding carboxylic acids is 3. The first-order valence-corrected chi connectivity index (χ1v) is 10.2. The number of amides is 2. The third-order valence-corrected chi connectivity index (χ3v) is 5.70. The molecular formula is C23H19ClFNO5.